The average molecular weight is 324 g/mol. The minimum Gasteiger partial charge on any atom is -0.347 e. The smallest absolute Gasteiger partial charge is 0.317 e. The van der Waals surface area contributed by atoms with Crippen LogP contribution in [0.5, 0.6) is 0 Å². The summed E-state index contributed by atoms with van der Waals surface area (Å²) in [5.41, 5.74) is 0. The number of rotatable bonds is 4. The van der Waals surface area contributed by atoms with Gasteiger partial charge in [0.25, 0.3) is 0 Å². The monoisotopic (exact) mass is 324 g/mol. The summed E-state index contributed by atoms with van der Waals surface area (Å²) in [5, 5.41) is 2.75. The van der Waals surface area contributed by atoms with Crippen molar-refractivity contribution in [1.82, 2.24) is 20.0 Å². The summed E-state index contributed by atoms with van der Waals surface area (Å²) in [7, 11) is 3.40. The lowest BCUT2D eigenvalue weighted by molar-refractivity contribution is -0.127. The number of carbonyl (C=O) groups is 2. The number of hydrogen-bond acceptors (Lipinski definition) is 3. The van der Waals surface area contributed by atoms with Gasteiger partial charge in [-0.3, -0.25) is 4.79 Å². The molecular formula is C17H32N4O2. The van der Waals surface area contributed by atoms with Gasteiger partial charge in [-0.1, -0.05) is 6.92 Å². The summed E-state index contributed by atoms with van der Waals surface area (Å²) in [4.78, 5) is 29.7. The van der Waals surface area contributed by atoms with Gasteiger partial charge >= 0.3 is 6.03 Å². The standard InChI is InChI=1S/C17H32N4O2/c1-14-6-9-20(10-7-14)12-15-5-4-8-21(13-15)17(23)18-11-16(22)19(2)3/h14-15H,4-13H2,1-3H3,(H,18,23). The molecule has 0 aromatic rings. The molecule has 2 aliphatic heterocycles. The molecule has 132 valence electrons. The molecule has 2 fully saturated rings. The zero-order chi connectivity index (χ0) is 16.8. The molecule has 1 N–H and O–H groups in total. The molecule has 1 atom stereocenters. The van der Waals surface area contributed by atoms with Gasteiger partial charge in [-0.25, -0.2) is 4.79 Å². The Balaban J connectivity index is 1.74. The number of likely N-dealkylation sites (N-methyl/N-ethyl adjacent to an activating group) is 1. The van der Waals surface area contributed by atoms with E-state index < -0.39 is 0 Å². The fraction of sp³-hybridized carbons (Fsp3) is 0.882. The van der Waals surface area contributed by atoms with Crippen molar-refractivity contribution >= 4 is 11.9 Å². The van der Waals surface area contributed by atoms with E-state index in [9.17, 15) is 9.59 Å². The van der Waals surface area contributed by atoms with E-state index in [2.05, 4.69) is 17.1 Å². The van der Waals surface area contributed by atoms with Crippen LogP contribution in [0.4, 0.5) is 4.79 Å². The molecule has 0 radical (unpaired) electrons. The molecule has 2 aliphatic rings. The van der Waals surface area contributed by atoms with Gasteiger partial charge in [-0.05, 0) is 50.6 Å². The molecule has 2 saturated heterocycles. The summed E-state index contributed by atoms with van der Waals surface area (Å²) in [6.45, 7) is 7.52. The quantitative estimate of drug-likeness (QED) is 0.846. The van der Waals surface area contributed by atoms with Gasteiger partial charge in [0.05, 0.1) is 6.54 Å². The van der Waals surface area contributed by atoms with E-state index in [-0.39, 0.29) is 18.5 Å². The lowest BCUT2D eigenvalue weighted by atomic mass is 9.94. The number of piperidine rings is 2. The third-order valence-corrected chi connectivity index (χ3v) is 5.09. The molecule has 0 saturated carbocycles. The third kappa shape index (κ3) is 5.68. The molecule has 0 aliphatic carbocycles. The number of nitrogens with zero attached hydrogens (tertiary/aromatic N) is 3. The highest BCUT2D eigenvalue weighted by molar-refractivity contribution is 5.83. The number of hydrogen-bond donors (Lipinski definition) is 1. The summed E-state index contributed by atoms with van der Waals surface area (Å²) < 4.78 is 0. The Kier molecular flexibility index (Phi) is 6.69. The van der Waals surface area contributed by atoms with Crippen molar-refractivity contribution in [3.63, 3.8) is 0 Å². The molecule has 2 heterocycles. The lowest BCUT2D eigenvalue weighted by Crippen LogP contribution is -2.50. The van der Waals surface area contributed by atoms with E-state index in [4.69, 9.17) is 0 Å². The fourth-order valence-corrected chi connectivity index (χ4v) is 3.43. The second-order valence-electron chi connectivity index (χ2n) is 7.38. The predicted molar refractivity (Wildman–Crippen MR) is 91.2 cm³/mol. The summed E-state index contributed by atoms with van der Waals surface area (Å²) in [5.74, 6) is 1.34. The van der Waals surface area contributed by atoms with Gasteiger partial charge in [-0.15, -0.1) is 0 Å². The number of urea groups is 1. The maximum atomic E-state index is 12.2. The van der Waals surface area contributed by atoms with Crippen LogP contribution in [0.15, 0.2) is 0 Å². The summed E-state index contributed by atoms with van der Waals surface area (Å²) in [6, 6.07) is -0.0998. The normalized spacial score (nSPS) is 23.6. The maximum Gasteiger partial charge on any atom is 0.317 e. The molecule has 1 unspecified atom stereocenters. The molecule has 0 bridgehead atoms. The second-order valence-corrected chi connectivity index (χ2v) is 7.38. The zero-order valence-corrected chi connectivity index (χ0v) is 14.9. The first-order valence-electron chi connectivity index (χ1n) is 8.91. The summed E-state index contributed by atoms with van der Waals surface area (Å²) in [6.07, 6.45) is 4.85. The van der Waals surface area contributed by atoms with E-state index in [0.717, 1.165) is 32.0 Å². The minimum absolute atomic E-state index is 0.0747. The Labute approximate surface area is 140 Å². The van der Waals surface area contributed by atoms with Crippen LogP contribution in [0.3, 0.4) is 0 Å². The first kappa shape index (κ1) is 18.0. The van der Waals surface area contributed by atoms with Crippen molar-refractivity contribution in [2.45, 2.75) is 32.6 Å². The van der Waals surface area contributed by atoms with Crippen LogP contribution in [0.25, 0.3) is 0 Å². The third-order valence-electron chi connectivity index (χ3n) is 5.09. The number of carbonyl (C=O) groups excluding carboxylic acids is 2. The molecule has 2 rings (SSSR count). The van der Waals surface area contributed by atoms with Gasteiger partial charge in [-0.2, -0.15) is 0 Å². The van der Waals surface area contributed by atoms with Crippen molar-refractivity contribution in [2.75, 3.05) is 53.4 Å². The van der Waals surface area contributed by atoms with Crippen molar-refractivity contribution < 1.29 is 9.59 Å². The number of amides is 3. The van der Waals surface area contributed by atoms with Gasteiger partial charge in [0.2, 0.25) is 5.91 Å². The van der Waals surface area contributed by atoms with E-state index in [1.807, 2.05) is 4.90 Å². The van der Waals surface area contributed by atoms with E-state index >= 15 is 0 Å². The maximum absolute atomic E-state index is 12.2. The highest BCUT2D eigenvalue weighted by Crippen LogP contribution is 2.21. The molecule has 0 spiro atoms. The van der Waals surface area contributed by atoms with E-state index in [1.54, 1.807) is 14.1 Å². The van der Waals surface area contributed by atoms with Crippen LogP contribution in [0.2, 0.25) is 0 Å². The van der Waals surface area contributed by atoms with Crippen LogP contribution < -0.4 is 5.32 Å². The van der Waals surface area contributed by atoms with Crippen LogP contribution in [-0.4, -0.2) is 80.0 Å². The van der Waals surface area contributed by atoms with Crippen LogP contribution >= 0.6 is 0 Å². The van der Waals surface area contributed by atoms with Crippen LogP contribution in [0.1, 0.15) is 32.6 Å². The Morgan fingerprint density at radius 1 is 1.13 bits per heavy atom. The largest absolute Gasteiger partial charge is 0.347 e. The average Bonchev–Trinajstić information content (AvgIpc) is 2.54. The van der Waals surface area contributed by atoms with Crippen molar-refractivity contribution in [3.8, 4) is 0 Å². The topological polar surface area (TPSA) is 55.9 Å². The van der Waals surface area contributed by atoms with E-state index in [1.165, 1.54) is 37.3 Å². The molecule has 0 aromatic carbocycles. The second kappa shape index (κ2) is 8.52. The van der Waals surface area contributed by atoms with Crippen LogP contribution in [-0.2, 0) is 4.79 Å². The molecular weight excluding hydrogens is 292 g/mol. The molecule has 3 amide bonds. The first-order valence-corrected chi connectivity index (χ1v) is 8.91. The zero-order valence-electron chi connectivity index (χ0n) is 14.9. The SMILES string of the molecule is CC1CCN(CC2CCCN(C(=O)NCC(=O)N(C)C)C2)CC1. The molecule has 6 heteroatoms. The first-order chi connectivity index (χ1) is 11.0. The van der Waals surface area contributed by atoms with Gasteiger partial charge in [0.15, 0.2) is 0 Å². The Bertz CT molecular complexity index is 405. The number of nitrogens with one attached hydrogen (secondary N) is 1. The highest BCUT2D eigenvalue weighted by atomic mass is 16.2. The Morgan fingerprint density at radius 3 is 2.48 bits per heavy atom. The van der Waals surface area contributed by atoms with Gasteiger partial charge in [0, 0.05) is 33.7 Å². The number of likely N-dealkylation sites (tertiary alicyclic amines) is 2. The minimum atomic E-state index is -0.0998. The lowest BCUT2D eigenvalue weighted by Gasteiger charge is -2.37. The van der Waals surface area contributed by atoms with Crippen molar-refractivity contribution in [2.24, 2.45) is 11.8 Å². The van der Waals surface area contributed by atoms with Gasteiger partial charge < -0.3 is 20.0 Å². The van der Waals surface area contributed by atoms with Crippen molar-refractivity contribution in [1.29, 1.82) is 0 Å². The van der Waals surface area contributed by atoms with Crippen LogP contribution in [0, 0.1) is 11.8 Å². The Morgan fingerprint density at radius 2 is 1.83 bits per heavy atom. The summed E-state index contributed by atoms with van der Waals surface area (Å²) >= 11 is 0. The molecule has 0 aromatic heterocycles. The van der Waals surface area contributed by atoms with Crippen molar-refractivity contribution in [3.05, 3.63) is 0 Å². The van der Waals surface area contributed by atoms with Gasteiger partial charge in [0.1, 0.15) is 0 Å². The predicted octanol–water partition coefficient (Wildman–Crippen LogP) is 1.23. The fourth-order valence-electron chi connectivity index (χ4n) is 3.43. The Hall–Kier alpha value is -1.30. The molecule has 23 heavy (non-hydrogen) atoms. The molecule has 6 nitrogen and oxygen atoms in total. The van der Waals surface area contributed by atoms with E-state index in [0.29, 0.717) is 5.92 Å². The highest BCUT2D eigenvalue weighted by Gasteiger charge is 2.26.